The number of aromatic nitrogens is 1. The zero-order valence-corrected chi connectivity index (χ0v) is 7.49. The third-order valence-electron chi connectivity index (χ3n) is 1.49. The molecule has 0 saturated carbocycles. The molecule has 1 aromatic rings. The van der Waals surface area contributed by atoms with Crippen molar-refractivity contribution in [2.45, 2.75) is 6.61 Å². The van der Waals surface area contributed by atoms with E-state index in [1.807, 2.05) is 0 Å². The molecule has 1 rings (SSSR count). The molecule has 0 amide bonds. The molecule has 1 aromatic heterocycles. The second kappa shape index (κ2) is 5.50. The van der Waals surface area contributed by atoms with E-state index in [0.717, 1.165) is 0 Å². The first-order chi connectivity index (χ1) is 6.38. The van der Waals surface area contributed by atoms with Crippen LogP contribution in [0.3, 0.4) is 0 Å². The standard InChI is InChI=1S/C9H12NO3/c1-12-5-6-13-9-3-2-4-10-8(9)7-11/h3-4,11H,5-7H2,1H3. The van der Waals surface area contributed by atoms with Crippen molar-refractivity contribution in [3.63, 3.8) is 0 Å². The molecule has 71 valence electrons. The molecule has 0 aromatic carbocycles. The Morgan fingerprint density at radius 2 is 2.38 bits per heavy atom. The number of nitrogens with zero attached hydrogens (tertiary/aromatic N) is 1. The maximum atomic E-state index is 8.89. The van der Waals surface area contributed by atoms with Crippen molar-refractivity contribution in [3.05, 3.63) is 24.0 Å². The fourth-order valence-corrected chi connectivity index (χ4v) is 0.854. The summed E-state index contributed by atoms with van der Waals surface area (Å²) < 4.78 is 10.1. The van der Waals surface area contributed by atoms with Gasteiger partial charge in [0.05, 0.1) is 13.2 Å². The number of pyridine rings is 1. The Balaban J connectivity index is 2.54. The summed E-state index contributed by atoms with van der Waals surface area (Å²) in [5, 5.41) is 8.89. The van der Waals surface area contributed by atoms with Gasteiger partial charge in [-0.3, -0.25) is 4.98 Å². The maximum absolute atomic E-state index is 8.89. The lowest BCUT2D eigenvalue weighted by molar-refractivity contribution is 0.144. The third kappa shape index (κ3) is 3.01. The highest BCUT2D eigenvalue weighted by atomic mass is 16.5. The van der Waals surface area contributed by atoms with E-state index >= 15 is 0 Å². The van der Waals surface area contributed by atoms with Gasteiger partial charge in [-0.05, 0) is 6.07 Å². The second-order valence-electron chi connectivity index (χ2n) is 2.38. The lowest BCUT2D eigenvalue weighted by Gasteiger charge is -2.07. The van der Waals surface area contributed by atoms with Crippen LogP contribution in [0.25, 0.3) is 0 Å². The molecule has 0 spiro atoms. The van der Waals surface area contributed by atoms with Crippen molar-refractivity contribution in [2.75, 3.05) is 20.3 Å². The Morgan fingerprint density at radius 3 is 3.08 bits per heavy atom. The van der Waals surface area contributed by atoms with E-state index in [4.69, 9.17) is 14.6 Å². The van der Waals surface area contributed by atoms with Crippen LogP contribution < -0.4 is 4.74 Å². The molecule has 0 fully saturated rings. The van der Waals surface area contributed by atoms with Crippen LogP contribution >= 0.6 is 0 Å². The lowest BCUT2D eigenvalue weighted by atomic mass is 10.3. The normalized spacial score (nSPS) is 10.0. The Bertz CT molecular complexity index is 252. The van der Waals surface area contributed by atoms with E-state index in [1.54, 1.807) is 13.2 Å². The second-order valence-corrected chi connectivity index (χ2v) is 2.38. The van der Waals surface area contributed by atoms with Crippen molar-refractivity contribution < 1.29 is 14.6 Å². The molecule has 0 aliphatic heterocycles. The molecule has 1 radical (unpaired) electrons. The van der Waals surface area contributed by atoms with Crippen LogP contribution in [0.5, 0.6) is 5.75 Å². The fourth-order valence-electron chi connectivity index (χ4n) is 0.854. The van der Waals surface area contributed by atoms with Crippen LogP contribution in [-0.4, -0.2) is 30.4 Å². The van der Waals surface area contributed by atoms with Crippen LogP contribution in [0, 0.1) is 6.07 Å². The highest BCUT2D eigenvalue weighted by Crippen LogP contribution is 2.14. The Labute approximate surface area is 77.1 Å². The molecule has 0 aliphatic rings. The molecule has 4 nitrogen and oxygen atoms in total. The number of methoxy groups -OCH3 is 1. The first-order valence-corrected chi connectivity index (χ1v) is 3.96. The van der Waals surface area contributed by atoms with E-state index in [1.165, 1.54) is 6.20 Å². The van der Waals surface area contributed by atoms with Gasteiger partial charge in [0.2, 0.25) is 0 Å². The summed E-state index contributed by atoms with van der Waals surface area (Å²) in [5.74, 6) is 0.557. The van der Waals surface area contributed by atoms with E-state index < -0.39 is 0 Å². The van der Waals surface area contributed by atoms with E-state index in [0.29, 0.717) is 24.7 Å². The van der Waals surface area contributed by atoms with Crippen molar-refractivity contribution in [2.24, 2.45) is 0 Å². The summed E-state index contributed by atoms with van der Waals surface area (Å²) in [5.41, 5.74) is 0.523. The molecule has 0 atom stereocenters. The molecule has 4 heteroatoms. The van der Waals surface area contributed by atoms with E-state index in [9.17, 15) is 0 Å². The zero-order valence-electron chi connectivity index (χ0n) is 7.49. The van der Waals surface area contributed by atoms with Gasteiger partial charge in [-0.1, -0.05) is 0 Å². The highest BCUT2D eigenvalue weighted by molar-refractivity contribution is 5.25. The van der Waals surface area contributed by atoms with Crippen LogP contribution in [0.15, 0.2) is 12.3 Å². The molecule has 0 unspecified atom stereocenters. The minimum absolute atomic E-state index is 0.128. The van der Waals surface area contributed by atoms with Gasteiger partial charge >= 0.3 is 0 Å². The Hall–Kier alpha value is -1.13. The summed E-state index contributed by atoms with van der Waals surface area (Å²) in [4.78, 5) is 3.90. The summed E-state index contributed by atoms with van der Waals surface area (Å²) >= 11 is 0. The maximum Gasteiger partial charge on any atom is 0.143 e. The summed E-state index contributed by atoms with van der Waals surface area (Å²) in [6, 6.07) is 4.42. The predicted molar refractivity (Wildman–Crippen MR) is 46.4 cm³/mol. The summed E-state index contributed by atoms with van der Waals surface area (Å²) in [6.07, 6.45) is 1.49. The minimum Gasteiger partial charge on any atom is -0.489 e. The molecule has 1 N–H and O–H groups in total. The average molecular weight is 182 g/mol. The summed E-state index contributed by atoms with van der Waals surface area (Å²) in [6.45, 7) is 0.833. The Morgan fingerprint density at radius 1 is 1.54 bits per heavy atom. The van der Waals surface area contributed by atoms with E-state index in [-0.39, 0.29) is 6.61 Å². The van der Waals surface area contributed by atoms with Gasteiger partial charge in [0, 0.05) is 19.4 Å². The number of ether oxygens (including phenoxy) is 2. The third-order valence-corrected chi connectivity index (χ3v) is 1.49. The van der Waals surface area contributed by atoms with Crippen molar-refractivity contribution in [1.29, 1.82) is 0 Å². The zero-order chi connectivity index (χ0) is 9.52. The largest absolute Gasteiger partial charge is 0.489 e. The van der Waals surface area contributed by atoms with Gasteiger partial charge in [-0.2, -0.15) is 0 Å². The van der Waals surface area contributed by atoms with Crippen molar-refractivity contribution in [3.8, 4) is 5.75 Å². The van der Waals surface area contributed by atoms with E-state index in [2.05, 4.69) is 11.1 Å². The van der Waals surface area contributed by atoms with Crippen LogP contribution in [0.2, 0.25) is 0 Å². The molecule has 0 aliphatic carbocycles. The van der Waals surface area contributed by atoms with Gasteiger partial charge in [-0.15, -0.1) is 0 Å². The first kappa shape index (κ1) is 9.95. The number of rotatable bonds is 5. The summed E-state index contributed by atoms with van der Waals surface area (Å²) in [7, 11) is 1.60. The van der Waals surface area contributed by atoms with Gasteiger partial charge in [0.15, 0.2) is 0 Å². The number of aliphatic hydroxyl groups is 1. The minimum atomic E-state index is -0.128. The highest BCUT2D eigenvalue weighted by Gasteiger charge is 2.01. The number of aliphatic hydroxyl groups excluding tert-OH is 1. The van der Waals surface area contributed by atoms with Gasteiger partial charge in [0.1, 0.15) is 18.1 Å². The molecular formula is C9H12NO3. The lowest BCUT2D eigenvalue weighted by Crippen LogP contribution is -2.06. The number of hydrogen-bond acceptors (Lipinski definition) is 4. The van der Waals surface area contributed by atoms with Crippen LogP contribution in [-0.2, 0) is 11.3 Å². The van der Waals surface area contributed by atoms with Gasteiger partial charge < -0.3 is 14.6 Å². The Kier molecular flexibility index (Phi) is 4.21. The molecule has 0 bridgehead atoms. The molecule has 13 heavy (non-hydrogen) atoms. The number of hydrogen-bond donors (Lipinski definition) is 1. The molecule has 1 heterocycles. The quantitative estimate of drug-likeness (QED) is 0.670. The monoisotopic (exact) mass is 182 g/mol. The fraction of sp³-hybridized carbons (Fsp3) is 0.444. The predicted octanol–water partition coefficient (Wildman–Crippen LogP) is 0.399. The van der Waals surface area contributed by atoms with Crippen LogP contribution in [0.4, 0.5) is 0 Å². The first-order valence-electron chi connectivity index (χ1n) is 3.96. The topological polar surface area (TPSA) is 51.6 Å². The van der Waals surface area contributed by atoms with Crippen LogP contribution in [0.1, 0.15) is 5.69 Å². The molecule has 0 saturated heterocycles. The van der Waals surface area contributed by atoms with Gasteiger partial charge in [-0.25, -0.2) is 0 Å². The molecular weight excluding hydrogens is 170 g/mol. The average Bonchev–Trinajstić information content (AvgIpc) is 2.19. The van der Waals surface area contributed by atoms with Crippen molar-refractivity contribution in [1.82, 2.24) is 4.98 Å². The van der Waals surface area contributed by atoms with Gasteiger partial charge in [0.25, 0.3) is 0 Å². The van der Waals surface area contributed by atoms with Crippen molar-refractivity contribution >= 4 is 0 Å². The smallest absolute Gasteiger partial charge is 0.143 e. The SMILES string of the molecule is COCCOc1c[c]cnc1CO.